The second-order valence-corrected chi connectivity index (χ2v) is 10.6. The van der Waals surface area contributed by atoms with E-state index in [0.29, 0.717) is 0 Å². The van der Waals surface area contributed by atoms with Crippen molar-refractivity contribution in [2.24, 2.45) is 0 Å². The summed E-state index contributed by atoms with van der Waals surface area (Å²) < 4.78 is 217. The lowest BCUT2D eigenvalue weighted by Gasteiger charge is -2.35. The van der Waals surface area contributed by atoms with Crippen molar-refractivity contribution in [3.05, 3.63) is 0 Å². The minimum absolute atomic E-state index is 0.985. The van der Waals surface area contributed by atoms with Crippen LogP contribution >= 0.6 is 22.9 Å². The van der Waals surface area contributed by atoms with Gasteiger partial charge in [-0.1, -0.05) is 0 Å². The molecule has 0 aliphatic carbocycles. The fraction of sp³-hybridized carbons (Fsp3) is 1.00. The van der Waals surface area contributed by atoms with Crippen LogP contribution in [-0.4, -0.2) is 53.5 Å². The summed E-state index contributed by atoms with van der Waals surface area (Å²) in [6, 6.07) is 0. The maximum absolute atomic E-state index is 13.5. The Labute approximate surface area is 158 Å². The van der Waals surface area contributed by atoms with E-state index in [4.69, 9.17) is 0 Å². The molecule has 0 aromatic heterocycles. The zero-order chi connectivity index (χ0) is 23.6. The molecule has 0 N–H and O–H groups in total. The fourth-order valence-corrected chi connectivity index (χ4v) is 6.08. The van der Waals surface area contributed by atoms with E-state index in [-0.39, 0.29) is 0 Å². The Bertz CT molecular complexity index is 709. The molecule has 0 bridgehead atoms. The maximum atomic E-state index is 13.5. The average Bonchev–Trinajstić information content (AvgIpc) is 2.39. The monoisotopic (exact) mass is 607 g/mol. The zero-order valence-corrected chi connectivity index (χ0v) is 15.4. The van der Waals surface area contributed by atoms with Gasteiger partial charge in [-0.2, -0.15) is 52.7 Å². The Balaban J connectivity index is 7.15. The summed E-state index contributed by atoms with van der Waals surface area (Å²) in [6.07, 6.45) is -30.7. The number of hydrogen-bond acceptors (Lipinski definition) is 4. The van der Waals surface area contributed by atoms with Crippen LogP contribution in [-0.2, 0) is 20.0 Å². The molecule has 5 nitrogen and oxygen atoms in total. The van der Waals surface area contributed by atoms with Crippen molar-refractivity contribution in [2.75, 3.05) is 0 Å². The topological polar surface area (TPSA) is 71.5 Å². The number of alkyl halides is 14. The smallest absolute Gasteiger partial charge is 0.206 e. The molecule has 0 unspecified atom stereocenters. The molecule has 0 amide bonds. The van der Waals surface area contributed by atoms with E-state index in [0.717, 1.165) is 0 Å². The van der Waals surface area contributed by atoms with Gasteiger partial charge in [-0.3, -0.25) is 0 Å². The first-order chi connectivity index (χ1) is 11.7. The van der Waals surface area contributed by atoms with Gasteiger partial charge in [0.15, 0.2) is 0 Å². The number of sulfonamides is 2. The van der Waals surface area contributed by atoms with Crippen LogP contribution in [0.2, 0.25) is 0 Å². The Morgan fingerprint density at radius 3 is 0.714 bits per heavy atom. The summed E-state index contributed by atoms with van der Waals surface area (Å²) in [7, 11) is -16.8. The van der Waals surface area contributed by atoms with Crippen molar-refractivity contribution in [3.8, 4) is 0 Å². The number of rotatable bonds is 4. The lowest BCUT2D eigenvalue weighted by molar-refractivity contribution is -0.306. The third-order valence-corrected chi connectivity index (χ3v) is 9.94. The van der Waals surface area contributed by atoms with Crippen LogP contribution < -0.4 is 0 Å². The van der Waals surface area contributed by atoms with Crippen molar-refractivity contribution < 1.29 is 78.3 Å². The molecule has 0 fully saturated rings. The summed E-state index contributed by atoms with van der Waals surface area (Å²) in [4.78, 5) is 0. The molecule has 0 rings (SSSR count). The molecule has 0 heterocycles. The van der Waals surface area contributed by atoms with Gasteiger partial charge in [0.25, 0.3) is 20.0 Å². The molecule has 0 saturated heterocycles. The van der Waals surface area contributed by atoms with Gasteiger partial charge >= 0.3 is 34.7 Å². The molecule has 0 aliphatic rings. The molecule has 0 spiro atoms. The molecular formula is C6F14INO4S2. The van der Waals surface area contributed by atoms with E-state index in [9.17, 15) is 78.3 Å². The standard InChI is InChI=1S/C6F14INO4S2/c7-1(3(9,10)11,4(12,13)14)27(23,24)22(21)28(25,26)2(8,5(15,16)17)6(18,19)20. The van der Waals surface area contributed by atoms with Gasteiger partial charge in [-0.05, 0) is 1.92 Å². The summed E-state index contributed by atoms with van der Waals surface area (Å²) in [5.41, 5.74) is 0. The Morgan fingerprint density at radius 1 is 0.464 bits per heavy atom. The normalized spacial score (nSPS) is 16.6. The molecule has 0 radical (unpaired) electrons. The van der Waals surface area contributed by atoms with Gasteiger partial charge in [0.05, 0.1) is 22.9 Å². The van der Waals surface area contributed by atoms with Crippen LogP contribution in [0.5, 0.6) is 0 Å². The third kappa shape index (κ3) is 3.60. The van der Waals surface area contributed by atoms with Crippen molar-refractivity contribution in [1.82, 2.24) is 1.92 Å². The molecule has 0 saturated carbocycles. The van der Waals surface area contributed by atoms with E-state index < -0.39 is 79.5 Å². The van der Waals surface area contributed by atoms with Gasteiger partial charge in [0.2, 0.25) is 0 Å². The first kappa shape index (κ1) is 27.6. The summed E-state index contributed by atoms with van der Waals surface area (Å²) in [6.45, 7) is 0. The highest BCUT2D eigenvalue weighted by atomic mass is 127. The van der Waals surface area contributed by atoms with Crippen molar-refractivity contribution in [3.63, 3.8) is 0 Å². The predicted octanol–water partition coefficient (Wildman–Crippen LogP) is 3.88. The van der Waals surface area contributed by atoms with Gasteiger partial charge in [0.1, 0.15) is 0 Å². The minimum atomic E-state index is -8.40. The maximum Gasteiger partial charge on any atom is 0.448 e. The first-order valence-corrected chi connectivity index (χ1v) is 9.10. The van der Waals surface area contributed by atoms with Gasteiger partial charge in [-0.25, -0.2) is 25.6 Å². The van der Waals surface area contributed by atoms with Crippen LogP contribution in [0.1, 0.15) is 0 Å². The van der Waals surface area contributed by atoms with Gasteiger partial charge in [0, 0.05) is 0 Å². The summed E-state index contributed by atoms with van der Waals surface area (Å²) in [5, 5.41) is -15.4. The molecule has 170 valence electrons. The van der Waals surface area contributed by atoms with Crippen LogP contribution in [0.25, 0.3) is 0 Å². The Kier molecular flexibility index (Phi) is 6.72. The van der Waals surface area contributed by atoms with E-state index in [1.165, 1.54) is 0 Å². The molecule has 28 heavy (non-hydrogen) atoms. The van der Waals surface area contributed by atoms with Crippen molar-refractivity contribution in [2.45, 2.75) is 34.7 Å². The van der Waals surface area contributed by atoms with E-state index >= 15 is 0 Å². The third-order valence-electron chi connectivity index (χ3n) is 2.55. The molecule has 0 aliphatic heterocycles. The van der Waals surface area contributed by atoms with E-state index in [1.807, 2.05) is 0 Å². The quantitative estimate of drug-likeness (QED) is 0.277. The molecule has 0 aromatic carbocycles. The molecule has 0 atom stereocenters. The zero-order valence-electron chi connectivity index (χ0n) is 11.6. The van der Waals surface area contributed by atoms with Gasteiger partial charge in [-0.15, -0.1) is 0 Å². The highest BCUT2D eigenvalue weighted by Gasteiger charge is 2.87. The minimum Gasteiger partial charge on any atom is -0.206 e. The van der Waals surface area contributed by atoms with E-state index in [2.05, 4.69) is 0 Å². The highest BCUT2D eigenvalue weighted by molar-refractivity contribution is 14.1. The molecule has 22 heteroatoms. The summed E-state index contributed by atoms with van der Waals surface area (Å²) in [5.74, 6) is 0. The lowest BCUT2D eigenvalue weighted by atomic mass is 10.3. The van der Waals surface area contributed by atoms with Crippen LogP contribution in [0.4, 0.5) is 61.5 Å². The lowest BCUT2D eigenvalue weighted by Crippen LogP contribution is -2.66. The van der Waals surface area contributed by atoms with Gasteiger partial charge < -0.3 is 0 Å². The molecular weight excluding hydrogens is 607 g/mol. The van der Waals surface area contributed by atoms with Crippen LogP contribution in [0.3, 0.4) is 0 Å². The van der Waals surface area contributed by atoms with Crippen LogP contribution in [0.15, 0.2) is 0 Å². The first-order valence-electron chi connectivity index (χ1n) is 5.25. The van der Waals surface area contributed by atoms with Crippen LogP contribution in [0, 0.1) is 0 Å². The Hall–Kier alpha value is -0.390. The molecule has 0 aromatic rings. The predicted molar refractivity (Wildman–Crippen MR) is 65.6 cm³/mol. The Morgan fingerprint density at radius 2 is 0.607 bits per heavy atom. The van der Waals surface area contributed by atoms with Crippen molar-refractivity contribution >= 4 is 42.9 Å². The largest absolute Gasteiger partial charge is 0.448 e. The number of hydrogen-bond donors (Lipinski definition) is 0. The van der Waals surface area contributed by atoms with E-state index in [1.54, 1.807) is 0 Å². The summed E-state index contributed by atoms with van der Waals surface area (Å²) >= 11 is -0.985. The number of halogens is 15. The second-order valence-electron chi connectivity index (χ2n) is 4.34. The average molecular weight is 607 g/mol. The number of nitrogens with zero attached hydrogens (tertiary/aromatic N) is 1. The SMILES string of the molecule is O=S(=O)(N(I)S(=O)(=O)C(F)(C(F)(F)F)C(F)(F)F)C(F)(C(F)(F)F)C(F)(F)F. The highest BCUT2D eigenvalue weighted by Crippen LogP contribution is 2.56. The van der Waals surface area contributed by atoms with Crippen molar-refractivity contribution in [1.29, 1.82) is 0 Å². The fourth-order valence-electron chi connectivity index (χ4n) is 1.23. The second kappa shape index (κ2) is 6.81.